The highest BCUT2D eigenvalue weighted by Crippen LogP contribution is 2.40. The quantitative estimate of drug-likeness (QED) is 0.347. The van der Waals surface area contributed by atoms with E-state index in [-0.39, 0.29) is 22.4 Å². The third-order valence-electron chi connectivity index (χ3n) is 6.78. The molecule has 36 heavy (non-hydrogen) atoms. The van der Waals surface area contributed by atoms with Crippen LogP contribution in [0, 0.1) is 22.7 Å². The summed E-state index contributed by atoms with van der Waals surface area (Å²) in [5, 5.41) is 39.0. The molecule has 0 saturated heterocycles. The number of aliphatic hydroxyl groups is 4. The van der Waals surface area contributed by atoms with Crippen molar-refractivity contribution in [3.63, 3.8) is 0 Å². The van der Waals surface area contributed by atoms with Gasteiger partial charge < -0.3 is 20.4 Å². The van der Waals surface area contributed by atoms with Crippen molar-refractivity contribution in [3.8, 4) is 11.8 Å². The number of Topliss-reactive ketones (excluding diaryl/α,β-unsaturated/α-hetero) is 2. The van der Waals surface area contributed by atoms with Crippen LogP contribution in [0.25, 0.3) is 0 Å². The molecule has 0 fully saturated rings. The van der Waals surface area contributed by atoms with E-state index in [0.29, 0.717) is 29.6 Å². The molecule has 0 aromatic heterocycles. The molecule has 0 heterocycles. The molecule has 4 atom stereocenters. The van der Waals surface area contributed by atoms with E-state index in [1.54, 1.807) is 32.9 Å². The average Bonchev–Trinajstić information content (AvgIpc) is 2.75. The summed E-state index contributed by atoms with van der Waals surface area (Å²) in [5.74, 6) is 5.07. The van der Waals surface area contributed by atoms with E-state index in [0.717, 1.165) is 5.57 Å². The number of ketones is 2. The molecule has 0 amide bonds. The van der Waals surface area contributed by atoms with Gasteiger partial charge in [0, 0.05) is 16.6 Å². The maximum atomic E-state index is 11.8. The van der Waals surface area contributed by atoms with Crippen molar-refractivity contribution in [3.05, 3.63) is 59.8 Å². The van der Waals surface area contributed by atoms with Gasteiger partial charge in [-0.15, -0.1) is 0 Å². The van der Waals surface area contributed by atoms with Gasteiger partial charge in [0.05, 0.1) is 5.60 Å². The summed E-state index contributed by atoms with van der Waals surface area (Å²) >= 11 is 0. The number of rotatable bonds is 4. The summed E-state index contributed by atoms with van der Waals surface area (Å²) in [6.07, 6.45) is 5.05. The Labute approximate surface area is 215 Å². The Bertz CT molecular complexity index is 1070. The number of carbonyl (C=O) groups excluding carboxylic acids is 2. The van der Waals surface area contributed by atoms with E-state index >= 15 is 0 Å². The van der Waals surface area contributed by atoms with Crippen LogP contribution >= 0.6 is 0 Å². The Kier molecular flexibility index (Phi) is 9.82. The van der Waals surface area contributed by atoms with Gasteiger partial charge in [-0.3, -0.25) is 9.59 Å². The second kappa shape index (κ2) is 11.2. The van der Waals surface area contributed by atoms with Gasteiger partial charge in [0.2, 0.25) is 0 Å². The molecule has 6 heteroatoms. The first kappa shape index (κ1) is 31.5. The molecular formula is C30H42O6. The van der Waals surface area contributed by atoms with Crippen molar-refractivity contribution >= 4 is 11.6 Å². The molecule has 0 aliphatic heterocycles. The Morgan fingerprint density at radius 3 is 1.83 bits per heavy atom. The van der Waals surface area contributed by atoms with E-state index in [9.17, 15) is 30.0 Å². The van der Waals surface area contributed by atoms with Gasteiger partial charge in [0.1, 0.15) is 17.8 Å². The molecule has 2 aliphatic carbocycles. The summed E-state index contributed by atoms with van der Waals surface area (Å²) in [7, 11) is 0. The van der Waals surface area contributed by atoms with Gasteiger partial charge in [0.15, 0.2) is 11.6 Å². The molecule has 4 N–H and O–H groups in total. The Hall–Kier alpha value is -2.56. The third-order valence-corrected chi connectivity index (χ3v) is 6.78. The standard InChI is InChI=1S/C15H22O3.C15H20O3/c2*1-6-15(5,18)8-7-11-10(2)13(17)12(16)9-14(11,3)4/h6-8,12,16,18H,1,9H2,2-5H3;6,12,16,18H,1,9H2,2-5H3/b8-7+;. The molecule has 0 aromatic rings. The third kappa shape index (κ3) is 7.72. The number of aliphatic hydroxyl groups excluding tert-OH is 2. The SMILES string of the molecule is C=CC(C)(O)/C=C/C1=C(C)C(=O)C(O)CC1(C)C.C=CC(C)(O)C#CC1=C(C)C(=O)C(O)CC1(C)C. The summed E-state index contributed by atoms with van der Waals surface area (Å²) in [4.78, 5) is 23.6. The maximum Gasteiger partial charge on any atom is 0.187 e. The minimum atomic E-state index is -1.28. The van der Waals surface area contributed by atoms with Gasteiger partial charge in [-0.2, -0.15) is 0 Å². The number of hydrogen-bond donors (Lipinski definition) is 4. The summed E-state index contributed by atoms with van der Waals surface area (Å²) in [5.41, 5.74) is -0.446. The van der Waals surface area contributed by atoms with Gasteiger partial charge in [-0.25, -0.2) is 0 Å². The zero-order chi connectivity index (χ0) is 28.3. The van der Waals surface area contributed by atoms with Gasteiger partial charge >= 0.3 is 0 Å². The molecular weight excluding hydrogens is 456 g/mol. The molecule has 198 valence electrons. The van der Waals surface area contributed by atoms with Gasteiger partial charge in [-0.1, -0.05) is 64.8 Å². The van der Waals surface area contributed by atoms with E-state index in [2.05, 4.69) is 25.0 Å². The van der Waals surface area contributed by atoms with E-state index in [1.165, 1.54) is 19.1 Å². The normalized spacial score (nSPS) is 26.8. The number of carbonyl (C=O) groups is 2. The Balaban J connectivity index is 0.000000360. The molecule has 6 nitrogen and oxygen atoms in total. The molecule has 0 radical (unpaired) electrons. The second-order valence-electron chi connectivity index (χ2n) is 11.3. The lowest BCUT2D eigenvalue weighted by molar-refractivity contribution is -0.126. The highest BCUT2D eigenvalue weighted by atomic mass is 16.3. The maximum absolute atomic E-state index is 11.8. The van der Waals surface area contributed by atoms with E-state index in [1.807, 2.05) is 27.7 Å². The summed E-state index contributed by atoms with van der Waals surface area (Å²) in [6, 6.07) is 0. The van der Waals surface area contributed by atoms with Crippen LogP contribution in [0.5, 0.6) is 0 Å². The summed E-state index contributed by atoms with van der Waals surface area (Å²) < 4.78 is 0. The van der Waals surface area contributed by atoms with Crippen LogP contribution in [-0.4, -0.2) is 55.4 Å². The van der Waals surface area contributed by atoms with Crippen LogP contribution in [0.2, 0.25) is 0 Å². The first-order valence-corrected chi connectivity index (χ1v) is 12.0. The molecule has 0 saturated carbocycles. The van der Waals surface area contributed by atoms with Crippen molar-refractivity contribution in [2.24, 2.45) is 10.8 Å². The molecule has 2 aliphatic rings. The molecule has 2 rings (SSSR count). The molecule has 0 aromatic carbocycles. The monoisotopic (exact) mass is 498 g/mol. The fourth-order valence-electron chi connectivity index (χ4n) is 4.31. The van der Waals surface area contributed by atoms with Crippen LogP contribution in [0.15, 0.2) is 59.8 Å². The average molecular weight is 499 g/mol. The lowest BCUT2D eigenvalue weighted by Crippen LogP contribution is -2.36. The van der Waals surface area contributed by atoms with E-state index in [4.69, 9.17) is 0 Å². The fourth-order valence-corrected chi connectivity index (χ4v) is 4.31. The lowest BCUT2D eigenvalue weighted by Gasteiger charge is -2.35. The van der Waals surface area contributed by atoms with Crippen LogP contribution < -0.4 is 0 Å². The second-order valence-corrected chi connectivity index (χ2v) is 11.3. The fraction of sp³-hybridized carbons (Fsp3) is 0.533. The van der Waals surface area contributed by atoms with Crippen molar-refractivity contribution in [1.82, 2.24) is 0 Å². The Morgan fingerprint density at radius 2 is 1.36 bits per heavy atom. The smallest absolute Gasteiger partial charge is 0.187 e. The number of allylic oxidation sites excluding steroid dienone is 3. The summed E-state index contributed by atoms with van der Waals surface area (Å²) in [6.45, 7) is 21.4. The minimum absolute atomic E-state index is 0.229. The molecule has 0 bridgehead atoms. The highest BCUT2D eigenvalue weighted by Gasteiger charge is 2.38. The molecule has 4 unspecified atom stereocenters. The zero-order valence-corrected chi connectivity index (χ0v) is 22.9. The first-order valence-electron chi connectivity index (χ1n) is 12.0. The largest absolute Gasteiger partial charge is 0.385 e. The van der Waals surface area contributed by atoms with Crippen LogP contribution in [0.4, 0.5) is 0 Å². The predicted octanol–water partition coefficient (Wildman–Crippen LogP) is 3.76. The van der Waals surface area contributed by atoms with Crippen molar-refractivity contribution in [1.29, 1.82) is 0 Å². The van der Waals surface area contributed by atoms with Crippen LogP contribution in [-0.2, 0) is 9.59 Å². The highest BCUT2D eigenvalue weighted by molar-refractivity contribution is 6.01. The van der Waals surface area contributed by atoms with Crippen molar-refractivity contribution in [2.45, 2.75) is 91.6 Å². The minimum Gasteiger partial charge on any atom is -0.385 e. The van der Waals surface area contributed by atoms with Crippen LogP contribution in [0.3, 0.4) is 0 Å². The van der Waals surface area contributed by atoms with E-state index < -0.39 is 23.4 Å². The van der Waals surface area contributed by atoms with Gasteiger partial charge in [0.25, 0.3) is 0 Å². The Morgan fingerprint density at radius 1 is 0.889 bits per heavy atom. The van der Waals surface area contributed by atoms with Crippen molar-refractivity contribution in [2.75, 3.05) is 0 Å². The van der Waals surface area contributed by atoms with Crippen LogP contribution in [0.1, 0.15) is 68.2 Å². The first-order chi connectivity index (χ1) is 16.2. The molecule has 0 spiro atoms. The van der Waals surface area contributed by atoms with Crippen molar-refractivity contribution < 1.29 is 30.0 Å². The number of hydrogen-bond acceptors (Lipinski definition) is 6. The van der Waals surface area contributed by atoms with Gasteiger partial charge in [-0.05, 0) is 69.2 Å². The topological polar surface area (TPSA) is 115 Å². The zero-order valence-electron chi connectivity index (χ0n) is 22.9. The predicted molar refractivity (Wildman–Crippen MR) is 143 cm³/mol. The lowest BCUT2D eigenvalue weighted by atomic mass is 9.71.